The van der Waals surface area contributed by atoms with Crippen LogP contribution in [0, 0.1) is 12.7 Å². The molecule has 4 rings (SSSR count). The van der Waals surface area contributed by atoms with Crippen molar-refractivity contribution in [3.63, 3.8) is 0 Å². The monoisotopic (exact) mass is 486 g/mol. The van der Waals surface area contributed by atoms with Gasteiger partial charge in [-0.25, -0.2) is 14.2 Å². The number of halogens is 1. The zero-order chi connectivity index (χ0) is 25.5. The zero-order valence-electron chi connectivity index (χ0n) is 20.9. The van der Waals surface area contributed by atoms with Crippen LogP contribution < -0.4 is 0 Å². The summed E-state index contributed by atoms with van der Waals surface area (Å²) in [7, 11) is 3.47. The summed E-state index contributed by atoms with van der Waals surface area (Å²) in [6.45, 7) is 4.46. The van der Waals surface area contributed by atoms with E-state index in [9.17, 15) is 9.18 Å². The molecule has 186 valence electrons. The molecule has 0 aliphatic carbocycles. The van der Waals surface area contributed by atoms with Gasteiger partial charge in [-0.1, -0.05) is 42.0 Å². The number of esters is 1. The number of imidazole rings is 1. The summed E-state index contributed by atoms with van der Waals surface area (Å²) in [5.74, 6) is 0.0308. The highest BCUT2D eigenvalue weighted by molar-refractivity contribution is 5.90. The molecule has 0 amide bonds. The Balaban J connectivity index is 1.55. The second-order valence-electron chi connectivity index (χ2n) is 9.00. The van der Waals surface area contributed by atoms with E-state index in [0.29, 0.717) is 30.0 Å². The lowest BCUT2D eigenvalue weighted by Gasteiger charge is -2.18. The SMILES string of the molecule is COC(=O)c1ccnc(-c2ncc(CCN(C)Cc3ccc(C)cc3)n2CCc2ccc(F)cc2)c1. The van der Waals surface area contributed by atoms with E-state index in [1.54, 1.807) is 30.5 Å². The molecular weight excluding hydrogens is 455 g/mol. The van der Waals surface area contributed by atoms with E-state index in [4.69, 9.17) is 4.74 Å². The quantitative estimate of drug-likeness (QED) is 0.292. The Hall–Kier alpha value is -3.84. The molecule has 0 spiro atoms. The van der Waals surface area contributed by atoms with E-state index in [2.05, 4.69) is 57.7 Å². The minimum atomic E-state index is -0.416. The Morgan fingerprint density at radius 2 is 1.72 bits per heavy atom. The Morgan fingerprint density at radius 1 is 1.00 bits per heavy atom. The number of carbonyl (C=O) groups excluding carboxylic acids is 1. The van der Waals surface area contributed by atoms with Crippen molar-refractivity contribution in [3.05, 3.63) is 107 Å². The summed E-state index contributed by atoms with van der Waals surface area (Å²) in [5, 5.41) is 0. The molecule has 36 heavy (non-hydrogen) atoms. The van der Waals surface area contributed by atoms with Gasteiger partial charge in [0, 0.05) is 44.1 Å². The van der Waals surface area contributed by atoms with Crippen molar-refractivity contribution in [2.24, 2.45) is 0 Å². The molecule has 0 saturated carbocycles. The van der Waals surface area contributed by atoms with Gasteiger partial charge < -0.3 is 14.2 Å². The molecule has 2 aromatic heterocycles. The van der Waals surface area contributed by atoms with Crippen LogP contribution in [0.25, 0.3) is 11.5 Å². The lowest BCUT2D eigenvalue weighted by atomic mass is 10.1. The number of carbonyl (C=O) groups is 1. The maximum absolute atomic E-state index is 13.4. The number of benzene rings is 2. The largest absolute Gasteiger partial charge is 0.465 e. The van der Waals surface area contributed by atoms with Gasteiger partial charge in [-0.3, -0.25) is 4.98 Å². The molecule has 0 radical (unpaired) electrons. The Labute approximate surface area is 211 Å². The van der Waals surface area contributed by atoms with Gasteiger partial charge in [0.2, 0.25) is 0 Å². The molecule has 0 aliphatic heterocycles. The van der Waals surface area contributed by atoms with E-state index in [-0.39, 0.29) is 5.82 Å². The summed E-state index contributed by atoms with van der Waals surface area (Å²) in [4.78, 5) is 23.5. The lowest BCUT2D eigenvalue weighted by Crippen LogP contribution is -2.22. The first-order valence-electron chi connectivity index (χ1n) is 12.0. The number of methoxy groups -OCH3 is 1. The van der Waals surface area contributed by atoms with Crippen LogP contribution in [-0.2, 0) is 30.7 Å². The molecule has 2 aromatic carbocycles. The van der Waals surface area contributed by atoms with Crippen LogP contribution in [0.3, 0.4) is 0 Å². The number of aryl methyl sites for hydroxylation is 2. The van der Waals surface area contributed by atoms with Crippen molar-refractivity contribution in [1.29, 1.82) is 0 Å². The minimum Gasteiger partial charge on any atom is -0.465 e. The van der Waals surface area contributed by atoms with E-state index in [1.807, 2.05) is 6.20 Å². The van der Waals surface area contributed by atoms with Crippen LogP contribution >= 0.6 is 0 Å². The smallest absolute Gasteiger partial charge is 0.337 e. The molecule has 0 N–H and O–H groups in total. The van der Waals surface area contributed by atoms with Gasteiger partial charge in [0.25, 0.3) is 0 Å². The number of hydrogen-bond acceptors (Lipinski definition) is 5. The number of hydrogen-bond donors (Lipinski definition) is 0. The van der Waals surface area contributed by atoms with E-state index >= 15 is 0 Å². The average Bonchev–Trinajstić information content (AvgIpc) is 3.31. The summed E-state index contributed by atoms with van der Waals surface area (Å²) in [6.07, 6.45) is 4.99. The number of nitrogens with zero attached hydrogens (tertiary/aromatic N) is 4. The van der Waals surface area contributed by atoms with Gasteiger partial charge >= 0.3 is 5.97 Å². The van der Waals surface area contributed by atoms with Crippen LogP contribution in [0.2, 0.25) is 0 Å². The molecule has 0 saturated heterocycles. The summed E-state index contributed by atoms with van der Waals surface area (Å²) >= 11 is 0. The fourth-order valence-electron chi connectivity index (χ4n) is 4.14. The van der Waals surface area contributed by atoms with E-state index in [1.165, 1.54) is 30.4 Å². The summed E-state index contributed by atoms with van der Waals surface area (Å²) in [6, 6.07) is 18.5. The maximum atomic E-state index is 13.4. The second kappa shape index (κ2) is 11.7. The Kier molecular flexibility index (Phi) is 8.23. The van der Waals surface area contributed by atoms with Crippen LogP contribution in [0.15, 0.2) is 73.1 Å². The summed E-state index contributed by atoms with van der Waals surface area (Å²) < 4.78 is 20.4. The number of pyridine rings is 1. The number of ether oxygens (including phenoxy) is 1. The van der Waals surface area contributed by atoms with Gasteiger partial charge in [0.15, 0.2) is 5.82 Å². The maximum Gasteiger partial charge on any atom is 0.337 e. The van der Waals surface area contributed by atoms with Gasteiger partial charge in [-0.05, 0) is 55.8 Å². The van der Waals surface area contributed by atoms with Crippen molar-refractivity contribution >= 4 is 5.97 Å². The highest BCUT2D eigenvalue weighted by Crippen LogP contribution is 2.21. The minimum absolute atomic E-state index is 0.247. The van der Waals surface area contributed by atoms with Crippen LogP contribution in [0.5, 0.6) is 0 Å². The topological polar surface area (TPSA) is 60.2 Å². The number of aromatic nitrogens is 3. The third kappa shape index (κ3) is 6.43. The average molecular weight is 487 g/mol. The zero-order valence-corrected chi connectivity index (χ0v) is 20.9. The van der Waals surface area contributed by atoms with Crippen LogP contribution in [0.4, 0.5) is 4.39 Å². The third-order valence-corrected chi connectivity index (χ3v) is 6.21. The first kappa shape index (κ1) is 25.3. The normalized spacial score (nSPS) is 11.1. The molecular formula is C29H31FN4O2. The number of rotatable bonds is 10. The predicted octanol–water partition coefficient (Wildman–Crippen LogP) is 5.10. The molecule has 0 aliphatic rings. The van der Waals surface area contributed by atoms with Crippen molar-refractivity contribution in [1.82, 2.24) is 19.4 Å². The van der Waals surface area contributed by atoms with Crippen molar-refractivity contribution in [2.45, 2.75) is 32.9 Å². The van der Waals surface area contributed by atoms with Crippen LogP contribution in [0.1, 0.15) is 32.7 Å². The van der Waals surface area contributed by atoms with Gasteiger partial charge in [-0.2, -0.15) is 0 Å². The second-order valence-corrected chi connectivity index (χ2v) is 9.00. The molecule has 0 atom stereocenters. The lowest BCUT2D eigenvalue weighted by molar-refractivity contribution is 0.0600. The fraction of sp³-hybridized carbons (Fsp3) is 0.276. The van der Waals surface area contributed by atoms with Gasteiger partial charge in [0.1, 0.15) is 11.5 Å². The molecule has 2 heterocycles. The van der Waals surface area contributed by atoms with Gasteiger partial charge in [-0.15, -0.1) is 0 Å². The highest BCUT2D eigenvalue weighted by Gasteiger charge is 2.16. The molecule has 7 heteroatoms. The Bertz CT molecular complexity index is 1300. The van der Waals surface area contributed by atoms with Gasteiger partial charge in [0.05, 0.1) is 12.7 Å². The molecule has 6 nitrogen and oxygen atoms in total. The Morgan fingerprint density at radius 3 is 2.44 bits per heavy atom. The van der Waals surface area contributed by atoms with Crippen molar-refractivity contribution in [2.75, 3.05) is 20.7 Å². The van der Waals surface area contributed by atoms with Crippen molar-refractivity contribution < 1.29 is 13.9 Å². The molecule has 0 fully saturated rings. The van der Waals surface area contributed by atoms with E-state index in [0.717, 1.165) is 30.8 Å². The highest BCUT2D eigenvalue weighted by atomic mass is 19.1. The summed E-state index contributed by atoms with van der Waals surface area (Å²) in [5.41, 5.74) is 5.68. The van der Waals surface area contributed by atoms with Crippen LogP contribution in [-0.4, -0.2) is 46.1 Å². The first-order chi connectivity index (χ1) is 17.4. The third-order valence-electron chi connectivity index (χ3n) is 6.21. The number of likely N-dealkylation sites (N-methyl/N-ethyl adjacent to an activating group) is 1. The fourth-order valence-corrected chi connectivity index (χ4v) is 4.14. The molecule has 4 aromatic rings. The molecule has 0 bridgehead atoms. The van der Waals surface area contributed by atoms with E-state index < -0.39 is 5.97 Å². The molecule has 0 unspecified atom stereocenters. The first-order valence-corrected chi connectivity index (χ1v) is 12.0. The predicted molar refractivity (Wildman–Crippen MR) is 138 cm³/mol. The van der Waals surface area contributed by atoms with Crippen molar-refractivity contribution in [3.8, 4) is 11.5 Å². The standard InChI is InChI=1S/C29H31FN4O2/c1-21-4-6-23(7-5-21)20-33(2)16-14-26-19-32-28(27-18-24(12-15-31-27)29(35)36-3)34(26)17-13-22-8-10-25(30)11-9-22/h4-12,15,18-19H,13-14,16-17,20H2,1-3H3.